The Morgan fingerprint density at radius 1 is 1.05 bits per heavy atom. The molecule has 0 aromatic carbocycles. The monoisotopic (exact) mass is 545 g/mol. The van der Waals surface area contributed by atoms with Gasteiger partial charge in [0.05, 0.1) is 5.41 Å². The van der Waals surface area contributed by atoms with Gasteiger partial charge in [0, 0.05) is 31.1 Å². The van der Waals surface area contributed by atoms with Gasteiger partial charge < -0.3 is 25.2 Å². The standard InChI is InChI=1S/C30H47N3O6/c1-29(2,3)39-28(37)31-21-30(17-19-38-20-18-30)27(36)33-25(26(34)35)14-8-6-4-5-7-12-23-16-15-22-11-9-10-13-24(22)32-23/h15-16,25H,4-14,17-21H2,1-3H3,(H,31,37)(H,33,36)(H,34,35)/t25-/m0/s1. The van der Waals surface area contributed by atoms with Crippen LogP contribution in [0.3, 0.4) is 0 Å². The number of unbranched alkanes of at least 4 members (excludes halogenated alkanes) is 4. The molecule has 1 aliphatic carbocycles. The van der Waals surface area contributed by atoms with E-state index in [1.54, 1.807) is 20.8 Å². The maximum atomic E-state index is 13.3. The molecule has 1 fully saturated rings. The Bertz CT molecular complexity index is 968. The predicted octanol–water partition coefficient (Wildman–Crippen LogP) is 4.73. The number of hydrogen-bond acceptors (Lipinski definition) is 6. The first-order valence-corrected chi connectivity index (χ1v) is 14.6. The summed E-state index contributed by atoms with van der Waals surface area (Å²) < 4.78 is 10.7. The highest BCUT2D eigenvalue weighted by Crippen LogP contribution is 2.31. The Labute approximate surface area is 232 Å². The van der Waals surface area contributed by atoms with E-state index in [0.717, 1.165) is 51.4 Å². The zero-order valence-electron chi connectivity index (χ0n) is 24.0. The van der Waals surface area contributed by atoms with Gasteiger partial charge in [-0.1, -0.05) is 31.7 Å². The largest absolute Gasteiger partial charge is 0.480 e. The molecule has 1 atom stereocenters. The molecule has 1 aromatic heterocycles. The lowest BCUT2D eigenvalue weighted by Crippen LogP contribution is -2.55. The number of hydrogen-bond donors (Lipinski definition) is 3. The van der Waals surface area contributed by atoms with Crippen LogP contribution in [0.1, 0.15) is 102 Å². The third-order valence-electron chi connectivity index (χ3n) is 7.67. The highest BCUT2D eigenvalue weighted by Gasteiger charge is 2.42. The van der Waals surface area contributed by atoms with E-state index in [0.29, 0.717) is 32.5 Å². The number of aryl methyl sites for hydroxylation is 3. The van der Waals surface area contributed by atoms with Crippen molar-refractivity contribution in [2.75, 3.05) is 19.8 Å². The van der Waals surface area contributed by atoms with Gasteiger partial charge in [-0.2, -0.15) is 0 Å². The SMILES string of the molecule is CC(C)(C)OC(=O)NCC1(C(=O)N[C@@H](CCCCCCCc2ccc3c(n2)CCCC3)C(=O)O)CCOCC1. The highest BCUT2D eigenvalue weighted by molar-refractivity contribution is 5.88. The third kappa shape index (κ3) is 10.1. The fourth-order valence-electron chi connectivity index (χ4n) is 5.32. The summed E-state index contributed by atoms with van der Waals surface area (Å²) in [6.07, 6.45) is 11.1. The van der Waals surface area contributed by atoms with Gasteiger partial charge in [0.25, 0.3) is 0 Å². The van der Waals surface area contributed by atoms with Gasteiger partial charge in [0.2, 0.25) is 5.91 Å². The van der Waals surface area contributed by atoms with Crippen molar-refractivity contribution in [2.45, 2.75) is 116 Å². The Kier molecular flexibility index (Phi) is 11.6. The molecule has 0 unspecified atom stereocenters. The fraction of sp³-hybridized carbons (Fsp3) is 0.733. The van der Waals surface area contributed by atoms with Crippen LogP contribution in [-0.4, -0.2) is 59.5 Å². The average molecular weight is 546 g/mol. The van der Waals surface area contributed by atoms with Crippen LogP contribution in [0.5, 0.6) is 0 Å². The van der Waals surface area contributed by atoms with Crippen LogP contribution in [-0.2, 0) is 38.3 Å². The molecule has 0 radical (unpaired) electrons. The maximum absolute atomic E-state index is 13.3. The first-order valence-electron chi connectivity index (χ1n) is 14.6. The summed E-state index contributed by atoms with van der Waals surface area (Å²) in [5.41, 5.74) is 2.29. The molecule has 2 amide bonds. The number of carbonyl (C=O) groups excluding carboxylic acids is 2. The van der Waals surface area contributed by atoms with Crippen molar-refractivity contribution in [3.8, 4) is 0 Å². The van der Waals surface area contributed by atoms with Crippen molar-refractivity contribution in [1.29, 1.82) is 0 Å². The van der Waals surface area contributed by atoms with E-state index in [1.165, 1.54) is 29.8 Å². The molecule has 39 heavy (non-hydrogen) atoms. The molecule has 1 aliphatic heterocycles. The number of ether oxygens (including phenoxy) is 2. The van der Waals surface area contributed by atoms with Gasteiger partial charge in [-0.3, -0.25) is 9.78 Å². The number of amides is 2. The van der Waals surface area contributed by atoms with Crippen LogP contribution in [0.15, 0.2) is 12.1 Å². The summed E-state index contributed by atoms with van der Waals surface area (Å²) in [5, 5.41) is 15.2. The van der Waals surface area contributed by atoms with E-state index in [1.807, 2.05) is 0 Å². The molecule has 9 heteroatoms. The first kappa shape index (κ1) is 30.9. The third-order valence-corrected chi connectivity index (χ3v) is 7.67. The van der Waals surface area contributed by atoms with Gasteiger partial charge in [0.15, 0.2) is 0 Å². The molecular formula is C30H47N3O6. The lowest BCUT2D eigenvalue weighted by Gasteiger charge is -2.36. The van der Waals surface area contributed by atoms with Crippen LogP contribution >= 0.6 is 0 Å². The number of pyridine rings is 1. The van der Waals surface area contributed by atoms with Gasteiger partial charge in [-0.05, 0) is 90.2 Å². The molecule has 0 saturated carbocycles. The normalized spacial score (nSPS) is 17.5. The average Bonchev–Trinajstić information content (AvgIpc) is 2.90. The molecule has 1 aromatic rings. The highest BCUT2D eigenvalue weighted by atomic mass is 16.6. The van der Waals surface area contributed by atoms with Crippen molar-refractivity contribution < 1.29 is 29.0 Å². The summed E-state index contributed by atoms with van der Waals surface area (Å²) >= 11 is 0. The molecule has 9 nitrogen and oxygen atoms in total. The molecule has 218 valence electrons. The smallest absolute Gasteiger partial charge is 0.407 e. The number of rotatable bonds is 13. The first-order chi connectivity index (χ1) is 18.6. The minimum Gasteiger partial charge on any atom is -0.480 e. The summed E-state index contributed by atoms with van der Waals surface area (Å²) in [7, 11) is 0. The molecule has 1 saturated heterocycles. The summed E-state index contributed by atoms with van der Waals surface area (Å²) in [6, 6.07) is 3.45. The topological polar surface area (TPSA) is 127 Å². The second kappa shape index (κ2) is 14.6. The van der Waals surface area contributed by atoms with Crippen molar-refractivity contribution in [3.63, 3.8) is 0 Å². The predicted molar refractivity (Wildman–Crippen MR) is 149 cm³/mol. The minimum atomic E-state index is -1.04. The van der Waals surface area contributed by atoms with Gasteiger partial charge in [-0.25, -0.2) is 9.59 Å². The van der Waals surface area contributed by atoms with Crippen LogP contribution in [0, 0.1) is 5.41 Å². The van der Waals surface area contributed by atoms with E-state index in [2.05, 4.69) is 22.8 Å². The van der Waals surface area contributed by atoms with Gasteiger partial charge in [0.1, 0.15) is 11.6 Å². The van der Waals surface area contributed by atoms with Crippen molar-refractivity contribution in [3.05, 3.63) is 29.1 Å². The maximum Gasteiger partial charge on any atom is 0.407 e. The molecule has 0 bridgehead atoms. The number of fused-ring (bicyclic) bond motifs is 1. The summed E-state index contributed by atoms with van der Waals surface area (Å²) in [4.78, 5) is 42.3. The Morgan fingerprint density at radius 3 is 2.46 bits per heavy atom. The number of alkyl carbamates (subject to hydrolysis) is 1. The van der Waals surface area contributed by atoms with E-state index >= 15 is 0 Å². The quantitative estimate of drug-likeness (QED) is 0.306. The van der Waals surface area contributed by atoms with E-state index in [9.17, 15) is 19.5 Å². The summed E-state index contributed by atoms with van der Waals surface area (Å²) in [5.74, 6) is -1.39. The number of carboxylic acid groups (broad SMARTS) is 1. The van der Waals surface area contributed by atoms with Gasteiger partial charge >= 0.3 is 12.1 Å². The molecule has 2 heterocycles. The van der Waals surface area contributed by atoms with Gasteiger partial charge in [-0.15, -0.1) is 0 Å². The number of nitrogens with one attached hydrogen (secondary N) is 2. The minimum absolute atomic E-state index is 0.0719. The van der Waals surface area contributed by atoms with Crippen LogP contribution in [0.2, 0.25) is 0 Å². The number of aliphatic carboxylic acids is 1. The zero-order chi connectivity index (χ0) is 28.3. The van der Waals surface area contributed by atoms with E-state index in [4.69, 9.17) is 14.5 Å². The molecule has 3 N–H and O–H groups in total. The van der Waals surface area contributed by atoms with Crippen LogP contribution < -0.4 is 10.6 Å². The molecular weight excluding hydrogens is 498 g/mol. The lowest BCUT2D eigenvalue weighted by molar-refractivity contribution is -0.146. The van der Waals surface area contributed by atoms with Crippen molar-refractivity contribution in [2.24, 2.45) is 5.41 Å². The Morgan fingerprint density at radius 2 is 1.74 bits per heavy atom. The second-order valence-corrected chi connectivity index (χ2v) is 12.0. The Hall–Kier alpha value is -2.68. The number of carboxylic acids is 1. The molecule has 3 rings (SSSR count). The molecule has 2 aliphatic rings. The lowest BCUT2D eigenvalue weighted by atomic mass is 9.78. The number of aromatic nitrogens is 1. The second-order valence-electron chi connectivity index (χ2n) is 12.0. The van der Waals surface area contributed by atoms with Crippen LogP contribution in [0.4, 0.5) is 4.79 Å². The number of nitrogens with zero attached hydrogens (tertiary/aromatic N) is 1. The summed E-state index contributed by atoms with van der Waals surface area (Å²) in [6.45, 7) is 6.14. The van der Waals surface area contributed by atoms with Crippen LogP contribution in [0.25, 0.3) is 0 Å². The fourth-order valence-corrected chi connectivity index (χ4v) is 5.32. The zero-order valence-corrected chi connectivity index (χ0v) is 24.0. The molecule has 0 spiro atoms. The van der Waals surface area contributed by atoms with Crippen molar-refractivity contribution in [1.82, 2.24) is 15.6 Å². The van der Waals surface area contributed by atoms with E-state index in [-0.39, 0.29) is 12.5 Å². The Balaban J connectivity index is 1.40. The number of carbonyl (C=O) groups is 3. The van der Waals surface area contributed by atoms with E-state index < -0.39 is 29.1 Å². The van der Waals surface area contributed by atoms with Crippen molar-refractivity contribution >= 4 is 18.0 Å².